The lowest BCUT2D eigenvalue weighted by molar-refractivity contribution is 0.479. The molecule has 0 aliphatic carbocycles. The number of nitrogens with zero attached hydrogens (tertiary/aromatic N) is 4. The largest absolute Gasteiger partial charge is 0.364 e. The zero-order chi connectivity index (χ0) is 13.1. The minimum Gasteiger partial charge on any atom is -0.364 e. The van der Waals surface area contributed by atoms with E-state index in [1.807, 2.05) is 34.9 Å². The first-order valence-corrected chi connectivity index (χ1v) is 6.38. The highest BCUT2D eigenvalue weighted by Gasteiger charge is 2.06. The fourth-order valence-corrected chi connectivity index (χ4v) is 1.77. The Morgan fingerprint density at radius 2 is 2.22 bits per heavy atom. The molecule has 0 spiro atoms. The quantitative estimate of drug-likeness (QED) is 0.883. The molecule has 98 valence electrons. The number of hydrogen-bond acceptors (Lipinski definition) is 3. The molecule has 0 aliphatic rings. The zero-order valence-corrected chi connectivity index (χ0v) is 11.5. The van der Waals surface area contributed by atoms with Crippen molar-refractivity contribution in [3.8, 4) is 0 Å². The maximum atomic E-state index is 4.51. The molecular weight excluding hydrogens is 226 g/mol. The standard InChI is InChI=1S/C13H21N5/c1-5-10(2)18-7-6-13(16-18)14-8-12-9-15-17(4)11(12)3/h6-7,9-10H,5,8H2,1-4H3,(H,14,16)/t10-/m1/s1. The van der Waals surface area contributed by atoms with Crippen LogP contribution in [0, 0.1) is 6.92 Å². The highest BCUT2D eigenvalue weighted by Crippen LogP contribution is 2.13. The van der Waals surface area contributed by atoms with E-state index in [4.69, 9.17) is 0 Å². The maximum absolute atomic E-state index is 4.51. The van der Waals surface area contributed by atoms with Crippen LogP contribution < -0.4 is 5.32 Å². The van der Waals surface area contributed by atoms with Crippen molar-refractivity contribution in [1.29, 1.82) is 0 Å². The van der Waals surface area contributed by atoms with Crippen molar-refractivity contribution in [2.45, 2.75) is 39.8 Å². The van der Waals surface area contributed by atoms with Crippen LogP contribution >= 0.6 is 0 Å². The summed E-state index contributed by atoms with van der Waals surface area (Å²) in [5.41, 5.74) is 2.39. The number of aryl methyl sites for hydroxylation is 1. The summed E-state index contributed by atoms with van der Waals surface area (Å²) in [5, 5.41) is 12.1. The molecule has 0 aliphatic heterocycles. The Hall–Kier alpha value is -1.78. The monoisotopic (exact) mass is 247 g/mol. The minimum absolute atomic E-state index is 0.445. The van der Waals surface area contributed by atoms with Gasteiger partial charge in [0, 0.05) is 43.2 Å². The Morgan fingerprint density at radius 1 is 1.44 bits per heavy atom. The van der Waals surface area contributed by atoms with Gasteiger partial charge in [-0.3, -0.25) is 9.36 Å². The third-order valence-electron chi connectivity index (χ3n) is 3.45. The average Bonchev–Trinajstić information content (AvgIpc) is 2.96. The molecular formula is C13H21N5. The summed E-state index contributed by atoms with van der Waals surface area (Å²) in [6.07, 6.45) is 5.00. The van der Waals surface area contributed by atoms with Crippen LogP contribution in [0.4, 0.5) is 5.82 Å². The predicted octanol–water partition coefficient (Wildman–Crippen LogP) is 2.51. The second-order valence-electron chi connectivity index (χ2n) is 4.67. The van der Waals surface area contributed by atoms with E-state index >= 15 is 0 Å². The van der Waals surface area contributed by atoms with Crippen LogP contribution in [0.15, 0.2) is 18.5 Å². The van der Waals surface area contributed by atoms with E-state index in [9.17, 15) is 0 Å². The first-order valence-electron chi connectivity index (χ1n) is 6.38. The van der Waals surface area contributed by atoms with Gasteiger partial charge in [-0.2, -0.15) is 10.2 Å². The number of nitrogens with one attached hydrogen (secondary N) is 1. The van der Waals surface area contributed by atoms with Crippen LogP contribution in [0.1, 0.15) is 37.6 Å². The Bertz CT molecular complexity index is 511. The molecule has 0 saturated heterocycles. The number of rotatable bonds is 5. The molecule has 18 heavy (non-hydrogen) atoms. The second-order valence-corrected chi connectivity index (χ2v) is 4.67. The van der Waals surface area contributed by atoms with Gasteiger partial charge in [-0.15, -0.1) is 0 Å². The van der Waals surface area contributed by atoms with Gasteiger partial charge in [0.25, 0.3) is 0 Å². The highest BCUT2D eigenvalue weighted by atomic mass is 15.3. The fourth-order valence-electron chi connectivity index (χ4n) is 1.77. The zero-order valence-electron chi connectivity index (χ0n) is 11.5. The number of anilines is 1. The molecule has 0 bridgehead atoms. The van der Waals surface area contributed by atoms with Gasteiger partial charge in [0.05, 0.1) is 6.20 Å². The molecule has 0 amide bonds. The molecule has 2 heterocycles. The molecule has 5 nitrogen and oxygen atoms in total. The van der Waals surface area contributed by atoms with Crippen molar-refractivity contribution >= 4 is 5.82 Å². The Morgan fingerprint density at radius 3 is 2.83 bits per heavy atom. The van der Waals surface area contributed by atoms with Crippen molar-refractivity contribution in [1.82, 2.24) is 19.6 Å². The summed E-state index contributed by atoms with van der Waals surface area (Å²) in [6.45, 7) is 7.17. The summed E-state index contributed by atoms with van der Waals surface area (Å²) in [7, 11) is 1.95. The molecule has 2 aromatic heterocycles. The van der Waals surface area contributed by atoms with E-state index in [1.165, 1.54) is 11.3 Å². The maximum Gasteiger partial charge on any atom is 0.148 e. The van der Waals surface area contributed by atoms with E-state index in [1.54, 1.807) is 0 Å². The first kappa shape index (κ1) is 12.7. The summed E-state index contributed by atoms with van der Waals surface area (Å²) < 4.78 is 3.88. The third-order valence-corrected chi connectivity index (χ3v) is 3.45. The fraction of sp³-hybridized carbons (Fsp3) is 0.538. The van der Waals surface area contributed by atoms with E-state index in [0.29, 0.717) is 6.04 Å². The number of aromatic nitrogens is 4. The lowest BCUT2D eigenvalue weighted by Crippen LogP contribution is -2.06. The van der Waals surface area contributed by atoms with E-state index in [-0.39, 0.29) is 0 Å². The van der Waals surface area contributed by atoms with E-state index in [0.717, 1.165) is 18.8 Å². The third kappa shape index (κ3) is 2.55. The normalized spacial score (nSPS) is 12.7. The lowest BCUT2D eigenvalue weighted by atomic mass is 10.2. The molecule has 0 radical (unpaired) electrons. The summed E-state index contributed by atoms with van der Waals surface area (Å²) >= 11 is 0. The van der Waals surface area contributed by atoms with Crippen molar-refractivity contribution in [2.75, 3.05) is 5.32 Å². The van der Waals surface area contributed by atoms with Gasteiger partial charge in [-0.25, -0.2) is 0 Å². The van der Waals surface area contributed by atoms with Crippen LogP contribution in [-0.4, -0.2) is 19.6 Å². The lowest BCUT2D eigenvalue weighted by Gasteiger charge is -2.08. The second kappa shape index (κ2) is 5.25. The van der Waals surface area contributed by atoms with Gasteiger partial charge in [-0.05, 0) is 20.3 Å². The average molecular weight is 247 g/mol. The van der Waals surface area contributed by atoms with Gasteiger partial charge >= 0.3 is 0 Å². The van der Waals surface area contributed by atoms with Crippen LogP contribution in [0.25, 0.3) is 0 Å². The highest BCUT2D eigenvalue weighted by molar-refractivity contribution is 5.34. The molecule has 0 saturated carbocycles. The van der Waals surface area contributed by atoms with Gasteiger partial charge in [-0.1, -0.05) is 6.92 Å². The van der Waals surface area contributed by atoms with Crippen molar-refractivity contribution in [2.24, 2.45) is 7.05 Å². The smallest absolute Gasteiger partial charge is 0.148 e. The van der Waals surface area contributed by atoms with Gasteiger partial charge in [0.1, 0.15) is 5.82 Å². The van der Waals surface area contributed by atoms with E-state index < -0.39 is 0 Å². The Labute approximate surface area is 108 Å². The Kier molecular flexibility index (Phi) is 3.69. The molecule has 5 heteroatoms. The van der Waals surface area contributed by atoms with Crippen molar-refractivity contribution < 1.29 is 0 Å². The van der Waals surface area contributed by atoms with Gasteiger partial charge < -0.3 is 5.32 Å². The van der Waals surface area contributed by atoms with Crippen molar-refractivity contribution in [3.63, 3.8) is 0 Å². The Balaban J connectivity index is 1.98. The molecule has 1 atom stereocenters. The predicted molar refractivity (Wildman–Crippen MR) is 72.5 cm³/mol. The van der Waals surface area contributed by atoms with E-state index in [2.05, 4.69) is 36.3 Å². The summed E-state index contributed by atoms with van der Waals surface area (Å²) in [4.78, 5) is 0. The SMILES string of the molecule is CC[C@@H](C)n1ccc(NCc2cnn(C)c2C)n1. The number of hydrogen-bond donors (Lipinski definition) is 1. The summed E-state index contributed by atoms with van der Waals surface area (Å²) in [6, 6.07) is 2.46. The first-order chi connectivity index (χ1) is 8.61. The molecule has 0 aromatic carbocycles. The molecule has 2 rings (SSSR count). The van der Waals surface area contributed by atoms with Crippen LogP contribution in [-0.2, 0) is 13.6 Å². The van der Waals surface area contributed by atoms with Crippen LogP contribution in [0.5, 0.6) is 0 Å². The van der Waals surface area contributed by atoms with Crippen LogP contribution in [0.3, 0.4) is 0 Å². The van der Waals surface area contributed by atoms with Crippen molar-refractivity contribution in [3.05, 3.63) is 29.7 Å². The molecule has 2 aromatic rings. The molecule has 0 unspecified atom stereocenters. The molecule has 0 fully saturated rings. The topological polar surface area (TPSA) is 47.7 Å². The van der Waals surface area contributed by atoms with Gasteiger partial charge in [0.15, 0.2) is 0 Å². The molecule has 1 N–H and O–H groups in total. The van der Waals surface area contributed by atoms with Crippen LogP contribution in [0.2, 0.25) is 0 Å². The van der Waals surface area contributed by atoms with Gasteiger partial charge in [0.2, 0.25) is 0 Å². The minimum atomic E-state index is 0.445. The summed E-state index contributed by atoms with van der Waals surface area (Å²) in [5.74, 6) is 0.915.